The molecule has 0 unspecified atom stereocenters. The van der Waals surface area contributed by atoms with Crippen LogP contribution in [0.25, 0.3) is 6.08 Å². The van der Waals surface area contributed by atoms with Gasteiger partial charge in [-0.2, -0.15) is 0 Å². The van der Waals surface area contributed by atoms with Crippen LogP contribution < -0.4 is 9.47 Å². The second kappa shape index (κ2) is 5.85. The lowest BCUT2D eigenvalue weighted by Crippen LogP contribution is -1.96. The number of allylic oxidation sites excluding steroid dienone is 1. The van der Waals surface area contributed by atoms with Gasteiger partial charge in [-0.3, -0.25) is 4.79 Å². The Morgan fingerprint density at radius 1 is 1.09 bits per heavy atom. The average molecular weight is 315 g/mol. The molecule has 0 aliphatic heterocycles. The molecule has 1 aliphatic rings. The minimum Gasteiger partial charge on any atom is -0.496 e. The standard InChI is InChI=1S/C18H15ClO3/c1-21-16-10-17(22-2)15(19)9-12(16)8-13-7-11-5-3-4-6-14(11)18(13)20/h3-6,8-10H,7H2,1-2H3/b13-8+. The van der Waals surface area contributed by atoms with Crippen LogP contribution in [-0.4, -0.2) is 20.0 Å². The molecule has 0 N–H and O–H groups in total. The molecule has 1 aliphatic carbocycles. The van der Waals surface area contributed by atoms with Crippen molar-refractivity contribution in [2.24, 2.45) is 0 Å². The van der Waals surface area contributed by atoms with Gasteiger partial charge in [-0.1, -0.05) is 35.9 Å². The molecule has 0 atom stereocenters. The molecule has 112 valence electrons. The largest absolute Gasteiger partial charge is 0.496 e. The maximum atomic E-state index is 12.4. The van der Waals surface area contributed by atoms with Crippen molar-refractivity contribution < 1.29 is 14.3 Å². The molecular weight excluding hydrogens is 300 g/mol. The number of halogens is 1. The molecule has 22 heavy (non-hydrogen) atoms. The summed E-state index contributed by atoms with van der Waals surface area (Å²) in [5.74, 6) is 1.23. The number of hydrogen-bond donors (Lipinski definition) is 0. The molecule has 0 saturated carbocycles. The van der Waals surface area contributed by atoms with Gasteiger partial charge in [0.05, 0.1) is 19.2 Å². The van der Waals surface area contributed by atoms with Crippen molar-refractivity contribution >= 4 is 23.5 Å². The van der Waals surface area contributed by atoms with Crippen LogP contribution in [0.2, 0.25) is 5.02 Å². The lowest BCUT2D eigenvalue weighted by atomic mass is 10.1. The third-order valence-electron chi connectivity index (χ3n) is 3.77. The molecule has 0 fully saturated rings. The fourth-order valence-electron chi connectivity index (χ4n) is 2.65. The minimum absolute atomic E-state index is 0.0598. The van der Waals surface area contributed by atoms with Crippen molar-refractivity contribution in [1.82, 2.24) is 0 Å². The normalized spacial score (nSPS) is 15.0. The predicted molar refractivity (Wildman–Crippen MR) is 87.0 cm³/mol. The van der Waals surface area contributed by atoms with E-state index in [1.54, 1.807) is 26.4 Å². The van der Waals surface area contributed by atoms with Crippen molar-refractivity contribution in [2.45, 2.75) is 6.42 Å². The average Bonchev–Trinajstić information content (AvgIpc) is 2.84. The van der Waals surface area contributed by atoms with E-state index in [0.29, 0.717) is 22.9 Å². The van der Waals surface area contributed by atoms with Crippen LogP contribution in [0.15, 0.2) is 42.0 Å². The van der Waals surface area contributed by atoms with Gasteiger partial charge in [-0.05, 0) is 17.7 Å². The lowest BCUT2D eigenvalue weighted by molar-refractivity contribution is 0.104. The van der Waals surface area contributed by atoms with E-state index in [1.165, 1.54) is 0 Å². The predicted octanol–water partition coefficient (Wildman–Crippen LogP) is 4.18. The van der Waals surface area contributed by atoms with Crippen LogP contribution in [0.5, 0.6) is 11.5 Å². The number of carbonyl (C=O) groups excluding carboxylic acids is 1. The van der Waals surface area contributed by atoms with Gasteiger partial charge in [-0.25, -0.2) is 0 Å². The molecule has 2 aromatic carbocycles. The van der Waals surface area contributed by atoms with Crippen molar-refractivity contribution in [2.75, 3.05) is 14.2 Å². The van der Waals surface area contributed by atoms with E-state index in [-0.39, 0.29) is 5.78 Å². The zero-order valence-electron chi connectivity index (χ0n) is 12.4. The van der Waals surface area contributed by atoms with Crippen LogP contribution >= 0.6 is 11.6 Å². The number of methoxy groups -OCH3 is 2. The summed E-state index contributed by atoms with van der Waals surface area (Å²) in [5, 5.41) is 0.484. The number of benzene rings is 2. The number of carbonyl (C=O) groups is 1. The molecule has 2 aromatic rings. The van der Waals surface area contributed by atoms with Gasteiger partial charge in [0.1, 0.15) is 11.5 Å². The number of hydrogen-bond acceptors (Lipinski definition) is 3. The Morgan fingerprint density at radius 3 is 2.50 bits per heavy atom. The van der Waals surface area contributed by atoms with Gasteiger partial charge >= 0.3 is 0 Å². The molecule has 0 heterocycles. The van der Waals surface area contributed by atoms with Gasteiger partial charge in [-0.15, -0.1) is 0 Å². The van der Waals surface area contributed by atoms with E-state index in [2.05, 4.69) is 0 Å². The molecule has 0 bridgehead atoms. The first-order valence-corrected chi connectivity index (χ1v) is 7.26. The van der Waals surface area contributed by atoms with E-state index in [4.69, 9.17) is 21.1 Å². The van der Waals surface area contributed by atoms with E-state index in [1.807, 2.05) is 30.3 Å². The summed E-state index contributed by atoms with van der Waals surface area (Å²) in [6, 6.07) is 11.1. The first-order valence-electron chi connectivity index (χ1n) is 6.88. The lowest BCUT2D eigenvalue weighted by Gasteiger charge is -2.10. The van der Waals surface area contributed by atoms with Crippen molar-refractivity contribution in [3.05, 3.63) is 63.7 Å². The van der Waals surface area contributed by atoms with E-state index < -0.39 is 0 Å². The van der Waals surface area contributed by atoms with Crippen LogP contribution in [0, 0.1) is 0 Å². The molecular formula is C18H15ClO3. The highest BCUT2D eigenvalue weighted by atomic mass is 35.5. The zero-order chi connectivity index (χ0) is 15.7. The van der Waals surface area contributed by atoms with Crippen LogP contribution in [0.4, 0.5) is 0 Å². The molecule has 3 rings (SSSR count). The number of rotatable bonds is 3. The summed E-state index contributed by atoms with van der Waals surface area (Å²) in [4.78, 5) is 12.4. The summed E-state index contributed by atoms with van der Waals surface area (Å²) in [6.45, 7) is 0. The fourth-order valence-corrected chi connectivity index (χ4v) is 2.90. The van der Waals surface area contributed by atoms with Gasteiger partial charge < -0.3 is 9.47 Å². The summed E-state index contributed by atoms with van der Waals surface area (Å²) in [6.07, 6.45) is 2.47. The highest BCUT2D eigenvalue weighted by Crippen LogP contribution is 2.35. The van der Waals surface area contributed by atoms with Crippen molar-refractivity contribution in [1.29, 1.82) is 0 Å². The monoisotopic (exact) mass is 314 g/mol. The first-order chi connectivity index (χ1) is 10.6. The Labute approximate surface area is 134 Å². The maximum Gasteiger partial charge on any atom is 0.189 e. The van der Waals surface area contributed by atoms with Gasteiger partial charge in [0, 0.05) is 29.2 Å². The van der Waals surface area contributed by atoms with Crippen molar-refractivity contribution in [3.63, 3.8) is 0 Å². The Kier molecular flexibility index (Phi) is 3.90. The van der Waals surface area contributed by atoms with E-state index in [0.717, 1.165) is 22.3 Å². The Hall–Kier alpha value is -2.26. The fraction of sp³-hybridized carbons (Fsp3) is 0.167. The highest BCUT2D eigenvalue weighted by molar-refractivity contribution is 6.32. The maximum absolute atomic E-state index is 12.4. The smallest absolute Gasteiger partial charge is 0.189 e. The van der Waals surface area contributed by atoms with Crippen LogP contribution in [-0.2, 0) is 6.42 Å². The number of ketones is 1. The van der Waals surface area contributed by atoms with Crippen LogP contribution in [0.3, 0.4) is 0 Å². The molecule has 0 saturated heterocycles. The second-order valence-corrected chi connectivity index (χ2v) is 5.47. The summed E-state index contributed by atoms with van der Waals surface area (Å²) in [7, 11) is 3.13. The van der Waals surface area contributed by atoms with Gasteiger partial charge in [0.2, 0.25) is 0 Å². The molecule has 4 heteroatoms. The Bertz CT molecular complexity index is 778. The number of ether oxygens (including phenoxy) is 2. The number of fused-ring (bicyclic) bond motifs is 1. The summed E-state index contributed by atoms with van der Waals surface area (Å²) < 4.78 is 10.6. The molecule has 3 nitrogen and oxygen atoms in total. The Morgan fingerprint density at radius 2 is 1.82 bits per heavy atom. The Balaban J connectivity index is 2.04. The third-order valence-corrected chi connectivity index (χ3v) is 4.06. The molecule has 0 amide bonds. The van der Waals surface area contributed by atoms with Crippen LogP contribution in [0.1, 0.15) is 21.5 Å². The summed E-state index contributed by atoms with van der Waals surface area (Å²) in [5.41, 5.74) is 3.33. The molecule has 0 radical (unpaired) electrons. The minimum atomic E-state index is 0.0598. The van der Waals surface area contributed by atoms with Gasteiger partial charge in [0.25, 0.3) is 0 Å². The quantitative estimate of drug-likeness (QED) is 0.797. The molecule has 0 spiro atoms. The SMILES string of the molecule is COc1cc(OC)c(/C=C2\Cc3ccccc3C2=O)cc1Cl. The molecule has 0 aromatic heterocycles. The van der Waals surface area contributed by atoms with E-state index >= 15 is 0 Å². The first kappa shape index (κ1) is 14.7. The third kappa shape index (κ3) is 2.48. The number of Topliss-reactive ketones (excluding diaryl/α,β-unsaturated/α-hetero) is 1. The zero-order valence-corrected chi connectivity index (χ0v) is 13.1. The summed E-state index contributed by atoms with van der Waals surface area (Å²) >= 11 is 6.17. The van der Waals surface area contributed by atoms with Crippen molar-refractivity contribution in [3.8, 4) is 11.5 Å². The van der Waals surface area contributed by atoms with E-state index in [9.17, 15) is 4.79 Å². The van der Waals surface area contributed by atoms with Gasteiger partial charge in [0.15, 0.2) is 5.78 Å². The highest BCUT2D eigenvalue weighted by Gasteiger charge is 2.24. The topological polar surface area (TPSA) is 35.5 Å². The second-order valence-electron chi connectivity index (χ2n) is 5.06.